The van der Waals surface area contributed by atoms with Gasteiger partial charge in [-0.3, -0.25) is 9.59 Å². The lowest BCUT2D eigenvalue weighted by Crippen LogP contribution is -2.39. The van der Waals surface area contributed by atoms with Gasteiger partial charge in [0.2, 0.25) is 11.8 Å². The average Bonchev–Trinajstić information content (AvgIpc) is 2.27. The van der Waals surface area contributed by atoms with Gasteiger partial charge in [0.25, 0.3) is 0 Å². The van der Waals surface area contributed by atoms with Crippen molar-refractivity contribution in [1.82, 2.24) is 5.32 Å². The monoisotopic (exact) mass is 227 g/mol. The number of hydrogen-bond donors (Lipinski definition) is 2. The molecule has 5 heteroatoms. The van der Waals surface area contributed by atoms with Crippen molar-refractivity contribution in [2.75, 3.05) is 13.2 Å². The summed E-state index contributed by atoms with van der Waals surface area (Å²) in [7, 11) is 0. The highest BCUT2D eigenvalue weighted by molar-refractivity contribution is 5.86. The van der Waals surface area contributed by atoms with Gasteiger partial charge in [-0.15, -0.1) is 0 Å². The molecule has 0 aromatic rings. The Kier molecular flexibility index (Phi) is 5.25. The van der Waals surface area contributed by atoms with Crippen LogP contribution >= 0.6 is 0 Å². The molecule has 16 heavy (non-hydrogen) atoms. The van der Waals surface area contributed by atoms with Crippen LogP contribution < -0.4 is 11.1 Å². The van der Waals surface area contributed by atoms with E-state index in [4.69, 9.17) is 10.5 Å². The minimum Gasteiger partial charge on any atom is -0.381 e. The van der Waals surface area contributed by atoms with Crippen LogP contribution in [0.2, 0.25) is 0 Å². The third kappa shape index (κ3) is 4.61. The molecular formula is C11H19N2O3. The fourth-order valence-corrected chi connectivity index (χ4v) is 1.50. The highest BCUT2D eigenvalue weighted by Gasteiger charge is 2.17. The molecule has 1 fully saturated rings. The quantitative estimate of drug-likeness (QED) is 0.693. The van der Waals surface area contributed by atoms with Crippen molar-refractivity contribution in [3.05, 3.63) is 6.42 Å². The molecule has 1 aliphatic heterocycles. The predicted molar refractivity (Wildman–Crippen MR) is 59.3 cm³/mol. The lowest BCUT2D eigenvalue weighted by atomic mass is 10.0. The molecule has 1 aliphatic rings. The molecule has 0 spiro atoms. The highest BCUT2D eigenvalue weighted by atomic mass is 16.5. The molecule has 0 unspecified atom stereocenters. The summed E-state index contributed by atoms with van der Waals surface area (Å²) < 4.78 is 5.19. The maximum Gasteiger partial charge on any atom is 0.224 e. The number of rotatable bonds is 5. The van der Waals surface area contributed by atoms with Crippen LogP contribution in [0.15, 0.2) is 0 Å². The Bertz CT molecular complexity index is 250. The van der Waals surface area contributed by atoms with Crippen LogP contribution in [0.5, 0.6) is 0 Å². The van der Waals surface area contributed by atoms with E-state index in [1.54, 1.807) is 6.92 Å². The van der Waals surface area contributed by atoms with Gasteiger partial charge in [-0.25, -0.2) is 0 Å². The molecular weight excluding hydrogens is 208 g/mol. The van der Waals surface area contributed by atoms with Crippen molar-refractivity contribution < 1.29 is 14.3 Å². The van der Waals surface area contributed by atoms with Crippen molar-refractivity contribution in [2.45, 2.75) is 32.2 Å². The van der Waals surface area contributed by atoms with E-state index in [1.807, 2.05) is 0 Å². The van der Waals surface area contributed by atoms with Crippen LogP contribution in [0.3, 0.4) is 0 Å². The zero-order chi connectivity index (χ0) is 12.0. The molecule has 2 amide bonds. The van der Waals surface area contributed by atoms with Gasteiger partial charge < -0.3 is 15.8 Å². The molecule has 1 radical (unpaired) electrons. The Morgan fingerprint density at radius 3 is 2.69 bits per heavy atom. The first kappa shape index (κ1) is 13.0. The summed E-state index contributed by atoms with van der Waals surface area (Å²) in [6.07, 6.45) is 3.59. The molecule has 0 aromatic heterocycles. The molecule has 3 N–H and O–H groups in total. The van der Waals surface area contributed by atoms with E-state index in [0.717, 1.165) is 12.8 Å². The number of nitrogens with two attached hydrogens (primary N) is 1. The molecule has 1 saturated heterocycles. The van der Waals surface area contributed by atoms with Gasteiger partial charge in [-0.05, 0) is 19.3 Å². The first-order chi connectivity index (χ1) is 7.59. The number of carbonyl (C=O) groups excluding carboxylic acids is 2. The van der Waals surface area contributed by atoms with E-state index in [9.17, 15) is 9.59 Å². The number of carbonyl (C=O) groups is 2. The van der Waals surface area contributed by atoms with Crippen molar-refractivity contribution in [3.8, 4) is 0 Å². The van der Waals surface area contributed by atoms with E-state index in [1.165, 1.54) is 6.42 Å². The van der Waals surface area contributed by atoms with Gasteiger partial charge in [-0.2, -0.15) is 0 Å². The maximum absolute atomic E-state index is 11.5. The van der Waals surface area contributed by atoms with Crippen LogP contribution in [0.25, 0.3) is 0 Å². The molecule has 0 saturated carbocycles. The molecule has 5 nitrogen and oxygen atoms in total. The Morgan fingerprint density at radius 1 is 1.50 bits per heavy atom. The SMILES string of the molecule is C[C@@H](C[CH]C(=O)NC1CCOCC1)C(N)=O. The first-order valence-electron chi connectivity index (χ1n) is 5.60. The second-order valence-electron chi connectivity index (χ2n) is 4.14. The van der Waals surface area contributed by atoms with Crippen molar-refractivity contribution in [3.63, 3.8) is 0 Å². The summed E-state index contributed by atoms with van der Waals surface area (Å²) in [6, 6.07) is 0.196. The van der Waals surface area contributed by atoms with Gasteiger partial charge in [0.15, 0.2) is 0 Å². The number of hydrogen-bond acceptors (Lipinski definition) is 3. The first-order valence-corrected chi connectivity index (χ1v) is 5.60. The Hall–Kier alpha value is -1.10. The number of amides is 2. The van der Waals surface area contributed by atoms with E-state index >= 15 is 0 Å². The minimum atomic E-state index is -0.380. The standard InChI is InChI=1S/C11H19N2O3/c1-8(11(12)15)2-3-10(14)13-9-4-6-16-7-5-9/h3,8-9H,2,4-7H2,1H3,(H2,12,15)(H,13,14)/t8-/m0/s1. The Balaban J connectivity index is 2.17. The largest absolute Gasteiger partial charge is 0.381 e. The average molecular weight is 227 g/mol. The van der Waals surface area contributed by atoms with Crippen LogP contribution in [0.1, 0.15) is 26.2 Å². The van der Waals surface area contributed by atoms with Crippen LogP contribution in [-0.2, 0) is 14.3 Å². The summed E-state index contributed by atoms with van der Waals surface area (Å²) >= 11 is 0. The lowest BCUT2D eigenvalue weighted by molar-refractivity contribution is -0.121. The second-order valence-corrected chi connectivity index (χ2v) is 4.14. The molecule has 1 atom stereocenters. The van der Waals surface area contributed by atoms with Crippen LogP contribution in [0, 0.1) is 12.3 Å². The summed E-state index contributed by atoms with van der Waals surface area (Å²) in [6.45, 7) is 3.10. The summed E-state index contributed by atoms with van der Waals surface area (Å²) in [5.74, 6) is -0.796. The van der Waals surface area contributed by atoms with E-state index in [2.05, 4.69) is 5.32 Å². The molecule has 0 aliphatic carbocycles. The minimum absolute atomic E-state index is 0.125. The normalized spacial score (nSPS) is 19.1. The highest BCUT2D eigenvalue weighted by Crippen LogP contribution is 2.08. The van der Waals surface area contributed by atoms with Crippen LogP contribution in [0.4, 0.5) is 0 Å². The summed E-state index contributed by atoms with van der Waals surface area (Å²) in [5, 5.41) is 2.89. The Labute approximate surface area is 95.7 Å². The summed E-state index contributed by atoms with van der Waals surface area (Å²) in [5.41, 5.74) is 5.10. The molecule has 0 bridgehead atoms. The number of primary amides is 1. The zero-order valence-electron chi connectivity index (χ0n) is 9.57. The Morgan fingerprint density at radius 2 is 2.12 bits per heavy atom. The van der Waals surface area contributed by atoms with Gasteiger partial charge in [0.05, 0.1) is 6.42 Å². The zero-order valence-corrected chi connectivity index (χ0v) is 9.57. The maximum atomic E-state index is 11.5. The predicted octanol–water partition coefficient (Wildman–Crippen LogP) is -0.00261. The van der Waals surface area contributed by atoms with E-state index in [0.29, 0.717) is 19.6 Å². The smallest absolute Gasteiger partial charge is 0.224 e. The van der Waals surface area contributed by atoms with E-state index < -0.39 is 0 Å². The van der Waals surface area contributed by atoms with Gasteiger partial charge in [0, 0.05) is 25.2 Å². The molecule has 1 rings (SSSR count). The fourth-order valence-electron chi connectivity index (χ4n) is 1.50. The fraction of sp³-hybridized carbons (Fsp3) is 0.727. The third-order valence-electron chi connectivity index (χ3n) is 2.71. The van der Waals surface area contributed by atoms with Crippen LogP contribution in [-0.4, -0.2) is 31.1 Å². The van der Waals surface area contributed by atoms with Crippen molar-refractivity contribution in [1.29, 1.82) is 0 Å². The van der Waals surface area contributed by atoms with Gasteiger partial charge in [0.1, 0.15) is 0 Å². The molecule has 91 valence electrons. The summed E-state index contributed by atoms with van der Waals surface area (Å²) in [4.78, 5) is 22.2. The second kappa shape index (κ2) is 6.48. The topological polar surface area (TPSA) is 81.4 Å². The number of nitrogens with one attached hydrogen (secondary N) is 1. The number of ether oxygens (including phenoxy) is 1. The molecule has 1 heterocycles. The van der Waals surface area contributed by atoms with Crippen molar-refractivity contribution >= 4 is 11.8 Å². The third-order valence-corrected chi connectivity index (χ3v) is 2.71. The van der Waals surface area contributed by atoms with E-state index in [-0.39, 0.29) is 23.8 Å². The van der Waals surface area contributed by atoms with Gasteiger partial charge >= 0.3 is 0 Å². The molecule has 0 aromatic carbocycles. The van der Waals surface area contributed by atoms with Gasteiger partial charge in [-0.1, -0.05) is 6.92 Å². The lowest BCUT2D eigenvalue weighted by Gasteiger charge is -2.23. The van der Waals surface area contributed by atoms with Crippen molar-refractivity contribution in [2.24, 2.45) is 11.7 Å².